The maximum absolute atomic E-state index is 4.26. The van der Waals surface area contributed by atoms with Crippen LogP contribution in [0.25, 0.3) is 10.2 Å². The van der Waals surface area contributed by atoms with E-state index in [-0.39, 0.29) is 0 Å². The van der Waals surface area contributed by atoms with Crippen molar-refractivity contribution in [3.8, 4) is 0 Å². The Morgan fingerprint density at radius 1 is 1.45 bits per heavy atom. The van der Waals surface area contributed by atoms with Crippen LogP contribution in [0.1, 0.15) is 0 Å². The highest BCUT2D eigenvalue weighted by molar-refractivity contribution is 14.1. The van der Waals surface area contributed by atoms with E-state index in [1.54, 1.807) is 11.3 Å². The highest BCUT2D eigenvalue weighted by atomic mass is 127. The average Bonchev–Trinajstić information content (AvgIpc) is 2.45. The van der Waals surface area contributed by atoms with E-state index in [1.165, 1.54) is 8.27 Å². The van der Waals surface area contributed by atoms with Gasteiger partial charge in [-0.2, -0.15) is 0 Å². The zero-order chi connectivity index (χ0) is 7.84. The van der Waals surface area contributed by atoms with E-state index in [0.717, 1.165) is 9.99 Å². The van der Waals surface area contributed by atoms with E-state index in [4.69, 9.17) is 0 Å². The van der Waals surface area contributed by atoms with Crippen molar-refractivity contribution in [3.05, 3.63) is 25.7 Å². The van der Waals surface area contributed by atoms with Gasteiger partial charge in [0.1, 0.15) is 0 Å². The number of aromatic nitrogens is 1. The van der Waals surface area contributed by atoms with Crippen molar-refractivity contribution >= 4 is 60.1 Å². The second kappa shape index (κ2) is 2.99. The minimum atomic E-state index is 1.10. The van der Waals surface area contributed by atoms with E-state index in [1.807, 2.05) is 5.51 Å². The molecule has 4 heteroatoms. The summed E-state index contributed by atoms with van der Waals surface area (Å²) in [6, 6.07) is 4.12. The van der Waals surface area contributed by atoms with E-state index < -0.39 is 0 Å². The fraction of sp³-hybridized carbons (Fsp3) is 0. The molecule has 2 rings (SSSR count). The van der Waals surface area contributed by atoms with Crippen molar-refractivity contribution in [2.45, 2.75) is 0 Å². The molecule has 0 saturated heterocycles. The Morgan fingerprint density at radius 3 is 3.00 bits per heavy atom. The number of thiazole rings is 1. The third-order valence-electron chi connectivity index (χ3n) is 1.39. The Bertz CT molecular complexity index is 362. The Hall–Kier alpha value is 0.320. The molecule has 1 nitrogen and oxygen atoms in total. The Kier molecular flexibility index (Phi) is 2.16. The summed E-state index contributed by atoms with van der Waals surface area (Å²) in [7, 11) is 0. The summed E-state index contributed by atoms with van der Waals surface area (Å²) in [5.74, 6) is 0. The molecule has 0 atom stereocenters. The first-order valence-electron chi connectivity index (χ1n) is 2.96. The largest absolute Gasteiger partial charge is 0.244 e. The number of halogens is 2. The van der Waals surface area contributed by atoms with Crippen molar-refractivity contribution in [2.75, 3.05) is 0 Å². The normalized spacial score (nSPS) is 10.7. The molecule has 0 unspecified atom stereocenters. The van der Waals surface area contributed by atoms with Crippen molar-refractivity contribution in [1.82, 2.24) is 4.98 Å². The van der Waals surface area contributed by atoms with Crippen molar-refractivity contribution in [3.63, 3.8) is 0 Å². The minimum Gasteiger partial charge on any atom is -0.244 e. The van der Waals surface area contributed by atoms with E-state index in [2.05, 4.69) is 55.6 Å². The van der Waals surface area contributed by atoms with Gasteiger partial charge in [0.15, 0.2) is 0 Å². The first-order chi connectivity index (χ1) is 5.29. The van der Waals surface area contributed by atoms with Crippen LogP contribution in [-0.2, 0) is 0 Å². The van der Waals surface area contributed by atoms with Crippen LogP contribution in [0.2, 0.25) is 0 Å². The first kappa shape index (κ1) is 7.94. The van der Waals surface area contributed by atoms with Gasteiger partial charge in [-0.05, 0) is 50.7 Å². The molecule has 0 saturated carbocycles. The number of benzene rings is 1. The molecular weight excluding hydrogens is 337 g/mol. The predicted molar refractivity (Wildman–Crippen MR) is 60.0 cm³/mol. The minimum absolute atomic E-state index is 1.10. The van der Waals surface area contributed by atoms with Crippen LogP contribution in [0, 0.1) is 3.57 Å². The van der Waals surface area contributed by atoms with Gasteiger partial charge in [-0.1, -0.05) is 0 Å². The highest BCUT2D eigenvalue weighted by Gasteiger charge is 2.03. The van der Waals surface area contributed by atoms with Crippen molar-refractivity contribution in [2.24, 2.45) is 0 Å². The van der Waals surface area contributed by atoms with E-state index in [0.29, 0.717) is 0 Å². The second-order valence-electron chi connectivity index (χ2n) is 2.06. The first-order valence-corrected chi connectivity index (χ1v) is 5.71. The van der Waals surface area contributed by atoms with Gasteiger partial charge in [-0.25, -0.2) is 4.98 Å². The molecule has 11 heavy (non-hydrogen) atoms. The Morgan fingerprint density at radius 2 is 2.27 bits per heavy atom. The molecule has 0 spiro atoms. The summed E-state index contributed by atoms with van der Waals surface area (Å²) in [6.45, 7) is 0. The number of hydrogen-bond acceptors (Lipinski definition) is 2. The fourth-order valence-electron chi connectivity index (χ4n) is 0.887. The van der Waals surface area contributed by atoms with E-state index in [9.17, 15) is 0 Å². The maximum Gasteiger partial charge on any atom is 0.0956 e. The predicted octanol–water partition coefficient (Wildman–Crippen LogP) is 3.66. The molecular formula is C7H3BrINS. The van der Waals surface area contributed by atoms with Gasteiger partial charge in [0, 0.05) is 8.04 Å². The molecule has 0 fully saturated rings. The zero-order valence-corrected chi connectivity index (χ0v) is 9.90. The Labute approximate surface area is 90.1 Å². The summed E-state index contributed by atoms with van der Waals surface area (Å²) in [5, 5.41) is 0. The van der Waals surface area contributed by atoms with Crippen LogP contribution in [-0.4, -0.2) is 4.98 Å². The summed E-state index contributed by atoms with van der Waals surface area (Å²) < 4.78 is 3.58. The van der Waals surface area contributed by atoms with Crippen LogP contribution in [0.4, 0.5) is 0 Å². The van der Waals surface area contributed by atoms with Gasteiger partial charge in [0.25, 0.3) is 0 Å². The standard InChI is InChI=1S/C7H3BrINS/c8-4-1-2-5(9)6-7(4)11-3-10-6/h1-3H. The molecule has 56 valence electrons. The highest BCUT2D eigenvalue weighted by Crippen LogP contribution is 2.29. The topological polar surface area (TPSA) is 12.9 Å². The average molecular weight is 340 g/mol. The van der Waals surface area contributed by atoms with Gasteiger partial charge in [-0.3, -0.25) is 0 Å². The van der Waals surface area contributed by atoms with Crippen LogP contribution in [0.5, 0.6) is 0 Å². The molecule has 0 radical (unpaired) electrons. The molecule has 0 N–H and O–H groups in total. The number of nitrogens with zero attached hydrogens (tertiary/aromatic N) is 1. The maximum atomic E-state index is 4.26. The lowest BCUT2D eigenvalue weighted by Gasteiger charge is -1.93. The summed E-state index contributed by atoms with van der Waals surface area (Å²) in [4.78, 5) is 4.26. The van der Waals surface area contributed by atoms with E-state index >= 15 is 0 Å². The third-order valence-corrected chi connectivity index (χ3v) is 4.04. The van der Waals surface area contributed by atoms with Gasteiger partial charge in [-0.15, -0.1) is 11.3 Å². The lowest BCUT2D eigenvalue weighted by Crippen LogP contribution is -1.74. The Balaban J connectivity index is 2.96. The molecule has 0 amide bonds. The van der Waals surface area contributed by atoms with Crippen LogP contribution < -0.4 is 0 Å². The van der Waals surface area contributed by atoms with Crippen LogP contribution in [0.3, 0.4) is 0 Å². The second-order valence-corrected chi connectivity index (χ2v) is 4.93. The fourth-order valence-corrected chi connectivity index (χ4v) is 2.98. The van der Waals surface area contributed by atoms with Crippen molar-refractivity contribution in [1.29, 1.82) is 0 Å². The van der Waals surface area contributed by atoms with Gasteiger partial charge >= 0.3 is 0 Å². The third kappa shape index (κ3) is 1.31. The molecule has 1 aromatic carbocycles. The zero-order valence-electron chi connectivity index (χ0n) is 5.34. The summed E-state index contributed by atoms with van der Waals surface area (Å²) in [5.41, 5.74) is 2.97. The van der Waals surface area contributed by atoms with Crippen molar-refractivity contribution < 1.29 is 0 Å². The molecule has 0 bridgehead atoms. The molecule has 2 aromatic rings. The number of rotatable bonds is 0. The summed E-state index contributed by atoms with van der Waals surface area (Å²) in [6.07, 6.45) is 0. The quantitative estimate of drug-likeness (QED) is 0.667. The lowest BCUT2D eigenvalue weighted by atomic mass is 10.3. The number of hydrogen-bond donors (Lipinski definition) is 0. The lowest BCUT2D eigenvalue weighted by molar-refractivity contribution is 1.48. The number of fused-ring (bicyclic) bond motifs is 1. The van der Waals surface area contributed by atoms with Gasteiger partial charge < -0.3 is 0 Å². The van der Waals surface area contributed by atoms with Gasteiger partial charge in [0.2, 0.25) is 0 Å². The summed E-state index contributed by atoms with van der Waals surface area (Å²) >= 11 is 7.44. The van der Waals surface area contributed by atoms with Crippen LogP contribution in [0.15, 0.2) is 22.1 Å². The molecule has 0 aliphatic rings. The van der Waals surface area contributed by atoms with Crippen LogP contribution >= 0.6 is 49.9 Å². The molecule has 1 heterocycles. The smallest absolute Gasteiger partial charge is 0.0956 e. The molecule has 0 aliphatic carbocycles. The molecule has 0 aliphatic heterocycles. The van der Waals surface area contributed by atoms with Gasteiger partial charge in [0.05, 0.1) is 15.7 Å². The molecule has 1 aromatic heterocycles. The SMILES string of the molecule is Brc1ccc(I)c2ncsc12. The monoisotopic (exact) mass is 339 g/mol.